The van der Waals surface area contributed by atoms with Gasteiger partial charge in [0.15, 0.2) is 0 Å². The van der Waals surface area contributed by atoms with Crippen LogP contribution in [0.1, 0.15) is 29.6 Å². The van der Waals surface area contributed by atoms with Crippen molar-refractivity contribution in [2.45, 2.75) is 19.3 Å². The van der Waals surface area contributed by atoms with Crippen LogP contribution in [0.5, 0.6) is 5.75 Å². The maximum absolute atomic E-state index is 11.8. The van der Waals surface area contributed by atoms with Crippen molar-refractivity contribution in [1.82, 2.24) is 0 Å². The largest absolute Gasteiger partial charge is 0.496 e. The van der Waals surface area contributed by atoms with Gasteiger partial charge in [-0.15, -0.1) is 0 Å². The van der Waals surface area contributed by atoms with Crippen molar-refractivity contribution in [2.75, 3.05) is 26.1 Å². The van der Waals surface area contributed by atoms with Crippen LogP contribution >= 0.6 is 0 Å². The number of anilines is 1. The molecule has 0 aliphatic carbocycles. The van der Waals surface area contributed by atoms with Gasteiger partial charge in [0.05, 0.1) is 13.7 Å². The number of aliphatic hydroxyl groups excluding tert-OH is 1. The number of rotatable bonds is 7. The molecular weight excluding hydrogens is 234 g/mol. The number of unbranched alkanes of at least 4 members (excludes halogenated alkanes) is 2. The fourth-order valence-electron chi connectivity index (χ4n) is 1.56. The number of esters is 1. The Balaban J connectivity index is 2.56. The van der Waals surface area contributed by atoms with Crippen molar-refractivity contribution in [3.05, 3.63) is 23.8 Å². The summed E-state index contributed by atoms with van der Waals surface area (Å²) in [5, 5.41) is 8.62. The van der Waals surface area contributed by atoms with Gasteiger partial charge in [0.2, 0.25) is 0 Å². The first-order valence-electron chi connectivity index (χ1n) is 5.91. The summed E-state index contributed by atoms with van der Waals surface area (Å²) in [6.45, 7) is 0.476. The van der Waals surface area contributed by atoms with Gasteiger partial charge in [-0.25, -0.2) is 4.79 Å². The highest BCUT2D eigenvalue weighted by atomic mass is 16.5. The molecule has 0 aliphatic heterocycles. The van der Waals surface area contributed by atoms with Gasteiger partial charge in [0, 0.05) is 12.3 Å². The smallest absolute Gasteiger partial charge is 0.344 e. The van der Waals surface area contributed by atoms with Crippen molar-refractivity contribution in [1.29, 1.82) is 0 Å². The topological polar surface area (TPSA) is 81.8 Å². The predicted octanol–water partition coefficient (Wildman–Crippen LogP) is 1.60. The lowest BCUT2D eigenvalue weighted by Crippen LogP contribution is -2.11. The minimum atomic E-state index is -0.478. The monoisotopic (exact) mass is 253 g/mol. The van der Waals surface area contributed by atoms with Crippen LogP contribution in [-0.4, -0.2) is 31.4 Å². The highest BCUT2D eigenvalue weighted by Gasteiger charge is 2.16. The zero-order chi connectivity index (χ0) is 13.4. The molecule has 0 spiro atoms. The van der Waals surface area contributed by atoms with Crippen molar-refractivity contribution in [3.63, 3.8) is 0 Å². The standard InChI is InChI=1S/C13H19NO4/c1-17-11-7-5-6-10(14)12(11)13(16)18-9-4-2-3-8-15/h5-7,15H,2-4,8-9,14H2,1H3. The summed E-state index contributed by atoms with van der Waals surface area (Å²) in [5.74, 6) is -0.0655. The Kier molecular flexibility index (Phi) is 6.00. The van der Waals surface area contributed by atoms with Crippen LogP contribution in [0.4, 0.5) is 5.69 Å². The first kappa shape index (κ1) is 14.3. The summed E-state index contributed by atoms with van der Waals surface area (Å²) in [6.07, 6.45) is 2.26. The molecule has 5 nitrogen and oxygen atoms in total. The molecule has 5 heteroatoms. The Hall–Kier alpha value is -1.75. The van der Waals surface area contributed by atoms with Gasteiger partial charge in [-0.1, -0.05) is 6.07 Å². The zero-order valence-electron chi connectivity index (χ0n) is 10.5. The van der Waals surface area contributed by atoms with Crippen molar-refractivity contribution >= 4 is 11.7 Å². The molecule has 0 aromatic heterocycles. The average Bonchev–Trinajstić information content (AvgIpc) is 2.37. The van der Waals surface area contributed by atoms with Gasteiger partial charge in [-0.2, -0.15) is 0 Å². The first-order chi connectivity index (χ1) is 8.70. The van der Waals surface area contributed by atoms with Crippen molar-refractivity contribution in [3.8, 4) is 5.75 Å². The third kappa shape index (κ3) is 3.92. The Morgan fingerprint density at radius 3 is 2.78 bits per heavy atom. The lowest BCUT2D eigenvalue weighted by Gasteiger charge is -2.10. The van der Waals surface area contributed by atoms with Crippen LogP contribution in [0.3, 0.4) is 0 Å². The van der Waals surface area contributed by atoms with Crippen molar-refractivity contribution in [2.24, 2.45) is 0 Å². The maximum Gasteiger partial charge on any atom is 0.344 e. The van der Waals surface area contributed by atoms with Gasteiger partial charge >= 0.3 is 5.97 Å². The van der Waals surface area contributed by atoms with E-state index in [4.69, 9.17) is 20.3 Å². The minimum Gasteiger partial charge on any atom is -0.496 e. The van der Waals surface area contributed by atoms with Crippen LogP contribution in [0.25, 0.3) is 0 Å². The third-order valence-electron chi connectivity index (χ3n) is 2.52. The van der Waals surface area contributed by atoms with E-state index in [9.17, 15) is 4.79 Å². The second-order valence-corrected chi connectivity index (χ2v) is 3.84. The Morgan fingerprint density at radius 2 is 2.11 bits per heavy atom. The molecule has 0 radical (unpaired) electrons. The number of methoxy groups -OCH3 is 1. The number of benzene rings is 1. The molecule has 0 amide bonds. The number of hydrogen-bond acceptors (Lipinski definition) is 5. The van der Waals surface area contributed by atoms with E-state index in [0.717, 1.165) is 12.8 Å². The number of carbonyl (C=O) groups is 1. The second-order valence-electron chi connectivity index (χ2n) is 3.84. The van der Waals surface area contributed by atoms with E-state index in [2.05, 4.69) is 0 Å². The van der Waals surface area contributed by atoms with E-state index in [1.54, 1.807) is 18.2 Å². The Morgan fingerprint density at radius 1 is 1.33 bits per heavy atom. The third-order valence-corrected chi connectivity index (χ3v) is 2.52. The first-order valence-corrected chi connectivity index (χ1v) is 5.91. The van der Waals surface area contributed by atoms with Crippen LogP contribution < -0.4 is 10.5 Å². The van der Waals surface area contributed by atoms with Crippen molar-refractivity contribution < 1.29 is 19.4 Å². The quantitative estimate of drug-likeness (QED) is 0.438. The Bertz CT molecular complexity index is 393. The molecule has 0 unspecified atom stereocenters. The van der Waals surface area contributed by atoms with Gasteiger partial charge in [0.1, 0.15) is 11.3 Å². The molecule has 1 aromatic rings. The summed E-state index contributed by atoms with van der Waals surface area (Å²) in [5.41, 5.74) is 6.34. The summed E-state index contributed by atoms with van der Waals surface area (Å²) < 4.78 is 10.2. The molecule has 18 heavy (non-hydrogen) atoms. The summed E-state index contributed by atoms with van der Waals surface area (Å²) in [7, 11) is 1.48. The molecule has 3 N–H and O–H groups in total. The molecule has 0 fully saturated rings. The predicted molar refractivity (Wildman–Crippen MR) is 68.6 cm³/mol. The van der Waals surface area contributed by atoms with Gasteiger partial charge in [-0.3, -0.25) is 0 Å². The number of nitrogens with two attached hydrogens (primary N) is 1. The van der Waals surface area contributed by atoms with Crippen LogP contribution in [0.2, 0.25) is 0 Å². The van der Waals surface area contributed by atoms with E-state index < -0.39 is 5.97 Å². The lowest BCUT2D eigenvalue weighted by molar-refractivity contribution is 0.0494. The molecule has 0 aliphatic rings. The molecule has 100 valence electrons. The van der Waals surface area contributed by atoms with Crippen LogP contribution in [0, 0.1) is 0 Å². The van der Waals surface area contributed by atoms with Gasteiger partial charge in [0.25, 0.3) is 0 Å². The minimum absolute atomic E-state index is 0.160. The van der Waals surface area contributed by atoms with Gasteiger partial charge < -0.3 is 20.3 Å². The molecule has 1 rings (SSSR count). The summed E-state index contributed by atoms with van der Waals surface area (Å²) >= 11 is 0. The molecule has 0 saturated carbocycles. The zero-order valence-corrected chi connectivity index (χ0v) is 10.5. The Labute approximate surface area is 107 Å². The molecule has 0 atom stereocenters. The number of carbonyl (C=O) groups excluding carboxylic acids is 1. The molecule has 0 heterocycles. The molecular formula is C13H19NO4. The molecule has 1 aromatic carbocycles. The summed E-state index contributed by atoms with van der Waals surface area (Å²) in [4.78, 5) is 11.8. The van der Waals surface area contributed by atoms with E-state index in [1.807, 2.05) is 0 Å². The highest BCUT2D eigenvalue weighted by molar-refractivity contribution is 5.98. The number of nitrogen functional groups attached to an aromatic ring is 1. The molecule has 0 bridgehead atoms. The fraction of sp³-hybridized carbons (Fsp3) is 0.462. The van der Waals surface area contributed by atoms with E-state index in [0.29, 0.717) is 24.5 Å². The SMILES string of the molecule is COc1cccc(N)c1C(=O)OCCCCCO. The summed E-state index contributed by atoms with van der Waals surface area (Å²) in [6, 6.07) is 5.01. The highest BCUT2D eigenvalue weighted by Crippen LogP contribution is 2.24. The van der Waals surface area contributed by atoms with Crippen LogP contribution in [0.15, 0.2) is 18.2 Å². The molecule has 0 saturated heterocycles. The van der Waals surface area contributed by atoms with E-state index in [-0.39, 0.29) is 12.2 Å². The second kappa shape index (κ2) is 7.55. The van der Waals surface area contributed by atoms with E-state index in [1.165, 1.54) is 7.11 Å². The van der Waals surface area contributed by atoms with Gasteiger partial charge in [-0.05, 0) is 31.4 Å². The normalized spacial score (nSPS) is 10.1. The van der Waals surface area contributed by atoms with E-state index >= 15 is 0 Å². The number of ether oxygens (including phenoxy) is 2. The average molecular weight is 253 g/mol. The number of hydrogen-bond donors (Lipinski definition) is 2. The van der Waals surface area contributed by atoms with Crippen LogP contribution in [-0.2, 0) is 4.74 Å². The lowest BCUT2D eigenvalue weighted by atomic mass is 10.1. The number of aliphatic hydroxyl groups is 1. The maximum atomic E-state index is 11.8. The fourth-order valence-corrected chi connectivity index (χ4v) is 1.56.